The second-order valence-corrected chi connectivity index (χ2v) is 7.42. The van der Waals surface area contributed by atoms with E-state index in [-0.39, 0.29) is 12.6 Å². The third-order valence-electron chi connectivity index (χ3n) is 3.94. The molecule has 1 aromatic carbocycles. The second kappa shape index (κ2) is 7.41. The maximum Gasteiger partial charge on any atom is 0.396 e. The summed E-state index contributed by atoms with van der Waals surface area (Å²) >= 11 is 0. The maximum atomic E-state index is 13.6. The first kappa shape index (κ1) is 16.5. The Hall–Kier alpha value is -0.870. The Kier molecular flexibility index (Phi) is 5.82. The molecule has 2 unspecified atom stereocenters. The van der Waals surface area contributed by atoms with Crippen LogP contribution in [0.3, 0.4) is 0 Å². The highest BCUT2D eigenvalue weighted by atomic mass is 31.2. The minimum Gasteiger partial charge on any atom is -0.422 e. The minimum atomic E-state index is -3.17. The van der Waals surface area contributed by atoms with E-state index in [2.05, 4.69) is 0 Å². The lowest BCUT2D eigenvalue weighted by atomic mass is 10.2. The fraction of sp³-hybridized carbons (Fsp3) is 0.600. The van der Waals surface area contributed by atoms with Crippen LogP contribution in [0.2, 0.25) is 0 Å². The zero-order chi connectivity index (χ0) is 15.3. The zero-order valence-electron chi connectivity index (χ0n) is 12.8. The van der Waals surface area contributed by atoms with Crippen molar-refractivity contribution in [2.45, 2.75) is 32.7 Å². The van der Waals surface area contributed by atoms with Crippen LogP contribution in [0, 0.1) is 0 Å². The summed E-state index contributed by atoms with van der Waals surface area (Å²) in [6.07, 6.45) is 1.80. The van der Waals surface area contributed by atoms with Gasteiger partial charge in [0.15, 0.2) is 0 Å². The van der Waals surface area contributed by atoms with Crippen LogP contribution in [0.5, 0.6) is 5.75 Å². The average molecular weight is 312 g/mol. The third-order valence-corrected chi connectivity index (χ3v) is 6.84. The van der Waals surface area contributed by atoms with Gasteiger partial charge in [0.2, 0.25) is 0 Å². The molecule has 1 aromatic rings. The Morgan fingerprint density at radius 3 is 2.57 bits per heavy atom. The van der Waals surface area contributed by atoms with Crippen LogP contribution >= 0.6 is 7.67 Å². The number of nitrogens with zero attached hydrogens (tertiary/aromatic N) is 2. The van der Waals surface area contributed by atoms with Crippen molar-refractivity contribution in [1.82, 2.24) is 9.34 Å². The molecule has 0 aliphatic carbocycles. The van der Waals surface area contributed by atoms with Crippen LogP contribution in [0.25, 0.3) is 0 Å². The second-order valence-electron chi connectivity index (χ2n) is 5.18. The molecule has 2 atom stereocenters. The topological polar surface area (TPSA) is 53.0 Å². The lowest BCUT2D eigenvalue weighted by molar-refractivity contribution is 0.190. The van der Waals surface area contributed by atoms with E-state index < -0.39 is 7.67 Å². The molecular weight excluding hydrogens is 287 g/mol. The van der Waals surface area contributed by atoms with E-state index in [4.69, 9.17) is 4.52 Å². The van der Waals surface area contributed by atoms with Gasteiger partial charge in [-0.15, -0.1) is 0 Å². The zero-order valence-corrected chi connectivity index (χ0v) is 13.7. The molecule has 2 rings (SSSR count). The Morgan fingerprint density at radius 1 is 1.33 bits per heavy atom. The summed E-state index contributed by atoms with van der Waals surface area (Å²) in [5.74, 6) is 0.608. The summed E-state index contributed by atoms with van der Waals surface area (Å²) in [6, 6.07) is 9.20. The molecule has 1 saturated heterocycles. The lowest BCUT2D eigenvalue weighted by Gasteiger charge is -2.37. The quantitative estimate of drug-likeness (QED) is 0.785. The predicted octanol–water partition coefficient (Wildman–Crippen LogP) is 2.97. The van der Waals surface area contributed by atoms with E-state index in [0.717, 1.165) is 12.8 Å². The summed E-state index contributed by atoms with van der Waals surface area (Å²) in [7, 11) is -3.17. The van der Waals surface area contributed by atoms with Gasteiger partial charge >= 0.3 is 7.67 Å². The number of aliphatic hydroxyl groups excluding tert-OH is 1. The monoisotopic (exact) mass is 312 g/mol. The molecule has 1 N–H and O–H groups in total. The van der Waals surface area contributed by atoms with Crippen LogP contribution in [0.4, 0.5) is 0 Å². The van der Waals surface area contributed by atoms with Crippen molar-refractivity contribution in [3.8, 4) is 5.75 Å². The molecule has 1 aliphatic rings. The predicted molar refractivity (Wildman–Crippen MR) is 84.4 cm³/mol. The van der Waals surface area contributed by atoms with Crippen LogP contribution < -0.4 is 4.52 Å². The van der Waals surface area contributed by atoms with Crippen molar-refractivity contribution in [1.29, 1.82) is 0 Å². The smallest absolute Gasteiger partial charge is 0.396 e. The summed E-state index contributed by atoms with van der Waals surface area (Å²) in [4.78, 5) is 0. The van der Waals surface area contributed by atoms with Gasteiger partial charge in [-0.25, -0.2) is 13.9 Å². The van der Waals surface area contributed by atoms with E-state index >= 15 is 0 Å². The van der Waals surface area contributed by atoms with Crippen molar-refractivity contribution in [3.05, 3.63) is 30.3 Å². The molecule has 0 aromatic heterocycles. The molecule has 0 radical (unpaired) electrons. The van der Waals surface area contributed by atoms with E-state index in [0.29, 0.717) is 25.4 Å². The number of hydrogen-bond donors (Lipinski definition) is 1. The van der Waals surface area contributed by atoms with E-state index in [1.54, 1.807) is 0 Å². The standard InChI is InChI=1S/C15H25N2O3P/c1-3-16(4-2)21(19,17-12-8-9-14(17)13-18)20-15-10-6-5-7-11-15/h5-7,10-11,14,18H,3-4,8-9,12-13H2,1-2H3. The SMILES string of the molecule is CCN(CC)P(=O)(Oc1ccccc1)N1CCCC1CO. The highest BCUT2D eigenvalue weighted by Crippen LogP contribution is 2.56. The molecule has 0 amide bonds. The molecule has 1 aliphatic heterocycles. The summed E-state index contributed by atoms with van der Waals surface area (Å²) in [5, 5.41) is 9.56. The molecule has 1 fully saturated rings. The summed E-state index contributed by atoms with van der Waals surface area (Å²) in [6.45, 7) is 5.98. The number of para-hydroxylation sites is 1. The fourth-order valence-corrected chi connectivity index (χ4v) is 5.46. The van der Waals surface area contributed by atoms with Crippen molar-refractivity contribution in [3.63, 3.8) is 0 Å². The van der Waals surface area contributed by atoms with Gasteiger partial charge in [0.25, 0.3) is 0 Å². The van der Waals surface area contributed by atoms with Crippen LogP contribution in [0.15, 0.2) is 30.3 Å². The molecular formula is C15H25N2O3P. The van der Waals surface area contributed by atoms with Crippen molar-refractivity contribution >= 4 is 7.67 Å². The average Bonchev–Trinajstić information content (AvgIpc) is 2.98. The lowest BCUT2D eigenvalue weighted by Crippen LogP contribution is -2.38. The van der Waals surface area contributed by atoms with E-state index in [1.807, 2.05) is 53.5 Å². The normalized spacial score (nSPS) is 22.4. The van der Waals surface area contributed by atoms with Gasteiger partial charge in [0.1, 0.15) is 5.75 Å². The van der Waals surface area contributed by atoms with Gasteiger partial charge in [-0.2, -0.15) is 0 Å². The molecule has 0 spiro atoms. The van der Waals surface area contributed by atoms with Gasteiger partial charge in [-0.05, 0) is 25.0 Å². The van der Waals surface area contributed by atoms with Crippen LogP contribution in [-0.2, 0) is 4.57 Å². The Bertz CT molecular complexity index is 479. The van der Waals surface area contributed by atoms with Crippen LogP contribution in [-0.4, -0.2) is 46.7 Å². The molecule has 118 valence electrons. The largest absolute Gasteiger partial charge is 0.422 e. The Labute approximate surface area is 127 Å². The Balaban J connectivity index is 2.32. The number of rotatable bonds is 7. The molecule has 1 heterocycles. The maximum absolute atomic E-state index is 13.6. The highest BCUT2D eigenvalue weighted by Gasteiger charge is 2.44. The summed E-state index contributed by atoms with van der Waals surface area (Å²) < 4.78 is 23.3. The van der Waals surface area contributed by atoms with Crippen LogP contribution in [0.1, 0.15) is 26.7 Å². The first-order valence-corrected chi connectivity index (χ1v) is 9.16. The fourth-order valence-electron chi connectivity index (χ4n) is 2.81. The molecule has 6 heteroatoms. The Morgan fingerprint density at radius 2 is 2.00 bits per heavy atom. The molecule has 0 bridgehead atoms. The first-order chi connectivity index (χ1) is 10.2. The van der Waals surface area contributed by atoms with E-state index in [1.165, 1.54) is 0 Å². The molecule has 21 heavy (non-hydrogen) atoms. The van der Waals surface area contributed by atoms with Gasteiger partial charge in [-0.1, -0.05) is 32.0 Å². The van der Waals surface area contributed by atoms with Gasteiger partial charge < -0.3 is 9.63 Å². The van der Waals surface area contributed by atoms with Crippen molar-refractivity contribution in [2.75, 3.05) is 26.2 Å². The van der Waals surface area contributed by atoms with Gasteiger partial charge in [0.05, 0.1) is 6.61 Å². The minimum absolute atomic E-state index is 0.0173. The summed E-state index contributed by atoms with van der Waals surface area (Å²) in [5.41, 5.74) is 0. The number of benzene rings is 1. The van der Waals surface area contributed by atoms with Crippen molar-refractivity contribution < 1.29 is 14.2 Å². The van der Waals surface area contributed by atoms with E-state index in [9.17, 15) is 9.67 Å². The van der Waals surface area contributed by atoms with Crippen molar-refractivity contribution in [2.24, 2.45) is 0 Å². The highest BCUT2D eigenvalue weighted by molar-refractivity contribution is 7.54. The number of hydrogen-bond acceptors (Lipinski definition) is 3. The first-order valence-electron chi connectivity index (χ1n) is 7.63. The molecule has 5 nitrogen and oxygen atoms in total. The van der Waals surface area contributed by atoms with Gasteiger partial charge in [-0.3, -0.25) is 0 Å². The third kappa shape index (κ3) is 3.49. The number of aliphatic hydroxyl groups is 1. The molecule has 0 saturated carbocycles. The van der Waals surface area contributed by atoms with Gasteiger partial charge in [0, 0.05) is 25.7 Å².